The number of ether oxygens (including phenoxy) is 1. The molecular formula is C13H20N2O4. The molecule has 0 aromatic rings. The average molecular weight is 268 g/mol. The molecule has 1 heterocycles. The zero-order chi connectivity index (χ0) is 14.4. The van der Waals surface area contributed by atoms with E-state index in [9.17, 15) is 14.4 Å². The van der Waals surface area contributed by atoms with Crippen LogP contribution in [0.1, 0.15) is 33.1 Å². The summed E-state index contributed by atoms with van der Waals surface area (Å²) in [5.41, 5.74) is 0. The summed E-state index contributed by atoms with van der Waals surface area (Å²) in [5, 5.41) is 2.62. The SMILES string of the molecule is CCCCC(C(=O)NC(C)OC)N1C(=O)C=CC1=O. The summed E-state index contributed by atoms with van der Waals surface area (Å²) < 4.78 is 4.96. The van der Waals surface area contributed by atoms with E-state index in [1.807, 2.05) is 6.92 Å². The van der Waals surface area contributed by atoms with Crippen molar-refractivity contribution in [3.8, 4) is 0 Å². The second-order valence-electron chi connectivity index (χ2n) is 4.42. The lowest BCUT2D eigenvalue weighted by Crippen LogP contribution is -2.51. The van der Waals surface area contributed by atoms with E-state index in [4.69, 9.17) is 4.74 Å². The number of carbonyl (C=O) groups excluding carboxylic acids is 3. The van der Waals surface area contributed by atoms with Crippen LogP contribution in [0.4, 0.5) is 0 Å². The number of methoxy groups -OCH3 is 1. The number of unbranched alkanes of at least 4 members (excludes halogenated alkanes) is 1. The summed E-state index contributed by atoms with van der Waals surface area (Å²) >= 11 is 0. The third-order valence-electron chi connectivity index (χ3n) is 2.99. The summed E-state index contributed by atoms with van der Waals surface area (Å²) in [4.78, 5) is 36.5. The molecule has 1 N–H and O–H groups in total. The van der Waals surface area contributed by atoms with Crippen molar-refractivity contribution >= 4 is 17.7 Å². The molecule has 3 amide bonds. The maximum atomic E-state index is 12.1. The van der Waals surface area contributed by atoms with E-state index < -0.39 is 24.1 Å². The molecule has 0 fully saturated rings. The first kappa shape index (κ1) is 15.4. The fourth-order valence-corrected chi connectivity index (χ4v) is 1.85. The summed E-state index contributed by atoms with van der Waals surface area (Å²) in [7, 11) is 1.47. The number of nitrogens with one attached hydrogen (secondary N) is 1. The van der Waals surface area contributed by atoms with Gasteiger partial charge in [-0.1, -0.05) is 19.8 Å². The van der Waals surface area contributed by atoms with E-state index in [-0.39, 0.29) is 5.91 Å². The highest BCUT2D eigenvalue weighted by atomic mass is 16.5. The van der Waals surface area contributed by atoms with Crippen LogP contribution >= 0.6 is 0 Å². The monoisotopic (exact) mass is 268 g/mol. The zero-order valence-corrected chi connectivity index (χ0v) is 11.5. The Bertz CT molecular complexity index is 374. The molecule has 2 unspecified atom stereocenters. The lowest BCUT2D eigenvalue weighted by molar-refractivity contribution is -0.146. The minimum Gasteiger partial charge on any atom is -0.362 e. The second kappa shape index (κ2) is 7.04. The minimum absolute atomic E-state index is 0.367. The Morgan fingerprint density at radius 2 is 1.95 bits per heavy atom. The van der Waals surface area contributed by atoms with Crippen LogP contribution in [0.3, 0.4) is 0 Å². The van der Waals surface area contributed by atoms with Gasteiger partial charge in [-0.15, -0.1) is 0 Å². The lowest BCUT2D eigenvalue weighted by Gasteiger charge is -2.26. The summed E-state index contributed by atoms with van der Waals surface area (Å²) in [6.07, 6.45) is 4.02. The molecule has 0 aromatic carbocycles. The van der Waals surface area contributed by atoms with Crippen molar-refractivity contribution in [2.45, 2.75) is 45.4 Å². The van der Waals surface area contributed by atoms with Gasteiger partial charge in [-0.3, -0.25) is 19.3 Å². The number of rotatable bonds is 7. The van der Waals surface area contributed by atoms with E-state index in [0.717, 1.165) is 17.7 Å². The summed E-state index contributed by atoms with van der Waals surface area (Å²) in [6, 6.07) is -0.771. The van der Waals surface area contributed by atoms with Crippen LogP contribution in [-0.4, -0.2) is 42.0 Å². The Morgan fingerprint density at radius 1 is 1.37 bits per heavy atom. The normalized spacial score (nSPS) is 17.7. The molecule has 19 heavy (non-hydrogen) atoms. The molecule has 1 aliphatic heterocycles. The average Bonchev–Trinajstić information content (AvgIpc) is 2.70. The van der Waals surface area contributed by atoms with E-state index in [0.29, 0.717) is 6.42 Å². The van der Waals surface area contributed by atoms with Gasteiger partial charge in [-0.05, 0) is 13.3 Å². The minimum atomic E-state index is -0.771. The molecule has 0 saturated heterocycles. The van der Waals surface area contributed by atoms with Crippen LogP contribution in [0.2, 0.25) is 0 Å². The first-order valence-corrected chi connectivity index (χ1v) is 6.39. The number of hydrogen-bond acceptors (Lipinski definition) is 4. The van der Waals surface area contributed by atoms with Gasteiger partial charge in [0.2, 0.25) is 5.91 Å². The smallest absolute Gasteiger partial charge is 0.254 e. The fourth-order valence-electron chi connectivity index (χ4n) is 1.85. The molecule has 2 atom stereocenters. The van der Waals surface area contributed by atoms with Gasteiger partial charge in [-0.25, -0.2) is 0 Å². The first-order chi connectivity index (χ1) is 9.01. The summed E-state index contributed by atoms with van der Waals surface area (Å²) in [6.45, 7) is 3.67. The molecule has 6 heteroatoms. The number of amides is 3. The van der Waals surface area contributed by atoms with E-state index in [2.05, 4.69) is 5.32 Å². The molecule has 1 rings (SSSR count). The molecule has 106 valence electrons. The van der Waals surface area contributed by atoms with Gasteiger partial charge in [-0.2, -0.15) is 0 Å². The van der Waals surface area contributed by atoms with E-state index in [1.54, 1.807) is 6.92 Å². The maximum Gasteiger partial charge on any atom is 0.254 e. The molecule has 0 aromatic heterocycles. The number of imide groups is 1. The number of carbonyl (C=O) groups is 3. The Hall–Kier alpha value is -1.69. The lowest BCUT2D eigenvalue weighted by atomic mass is 10.1. The predicted octanol–water partition coefficient (Wildman–Crippen LogP) is 0.579. The van der Waals surface area contributed by atoms with Crippen molar-refractivity contribution in [3.63, 3.8) is 0 Å². The quantitative estimate of drug-likeness (QED) is 0.541. The van der Waals surface area contributed by atoms with Gasteiger partial charge in [0.05, 0.1) is 0 Å². The predicted molar refractivity (Wildman–Crippen MR) is 68.9 cm³/mol. The van der Waals surface area contributed by atoms with Crippen LogP contribution < -0.4 is 5.32 Å². The standard InChI is InChI=1S/C13H20N2O4/c1-4-5-6-10(13(18)14-9(2)19-3)15-11(16)7-8-12(15)17/h7-10H,4-6H2,1-3H3,(H,14,18). The molecule has 0 aliphatic carbocycles. The second-order valence-corrected chi connectivity index (χ2v) is 4.42. The number of nitrogens with zero attached hydrogens (tertiary/aromatic N) is 1. The highest BCUT2D eigenvalue weighted by molar-refractivity contribution is 6.15. The summed E-state index contributed by atoms with van der Waals surface area (Å²) in [5.74, 6) is -1.24. The Morgan fingerprint density at radius 3 is 2.42 bits per heavy atom. The van der Waals surface area contributed by atoms with Crippen LogP contribution in [0.15, 0.2) is 12.2 Å². The third kappa shape index (κ3) is 3.89. The fraction of sp³-hybridized carbons (Fsp3) is 0.615. The van der Waals surface area contributed by atoms with Gasteiger partial charge in [0, 0.05) is 19.3 Å². The number of hydrogen-bond donors (Lipinski definition) is 1. The van der Waals surface area contributed by atoms with Crippen molar-refractivity contribution in [2.75, 3.05) is 7.11 Å². The van der Waals surface area contributed by atoms with Gasteiger partial charge >= 0.3 is 0 Å². The molecule has 0 saturated carbocycles. The van der Waals surface area contributed by atoms with E-state index >= 15 is 0 Å². The largest absolute Gasteiger partial charge is 0.362 e. The first-order valence-electron chi connectivity index (χ1n) is 6.39. The topological polar surface area (TPSA) is 75.7 Å². The van der Waals surface area contributed by atoms with Gasteiger partial charge in [0.25, 0.3) is 11.8 Å². The molecule has 0 bridgehead atoms. The van der Waals surface area contributed by atoms with Gasteiger partial charge in [0.1, 0.15) is 12.3 Å². The molecule has 1 aliphatic rings. The Labute approximate surface area is 112 Å². The highest BCUT2D eigenvalue weighted by Gasteiger charge is 2.35. The van der Waals surface area contributed by atoms with Crippen molar-refractivity contribution in [2.24, 2.45) is 0 Å². The maximum absolute atomic E-state index is 12.1. The van der Waals surface area contributed by atoms with Crippen LogP contribution in [0.5, 0.6) is 0 Å². The third-order valence-corrected chi connectivity index (χ3v) is 2.99. The molecule has 0 spiro atoms. The van der Waals surface area contributed by atoms with Crippen molar-refractivity contribution in [1.29, 1.82) is 0 Å². The van der Waals surface area contributed by atoms with E-state index in [1.165, 1.54) is 19.3 Å². The Balaban J connectivity index is 2.79. The van der Waals surface area contributed by atoms with Crippen molar-refractivity contribution in [1.82, 2.24) is 10.2 Å². The van der Waals surface area contributed by atoms with Gasteiger partial charge in [0.15, 0.2) is 0 Å². The van der Waals surface area contributed by atoms with Crippen LogP contribution in [0, 0.1) is 0 Å². The van der Waals surface area contributed by atoms with Crippen LogP contribution in [-0.2, 0) is 19.1 Å². The van der Waals surface area contributed by atoms with Crippen molar-refractivity contribution in [3.05, 3.63) is 12.2 Å². The van der Waals surface area contributed by atoms with Crippen LogP contribution in [0.25, 0.3) is 0 Å². The zero-order valence-electron chi connectivity index (χ0n) is 11.5. The molecular weight excluding hydrogens is 248 g/mol. The van der Waals surface area contributed by atoms with Gasteiger partial charge < -0.3 is 10.1 Å². The Kier molecular flexibility index (Phi) is 5.69. The molecule has 6 nitrogen and oxygen atoms in total. The van der Waals surface area contributed by atoms with Crippen molar-refractivity contribution < 1.29 is 19.1 Å². The molecule has 0 radical (unpaired) electrons. The highest BCUT2D eigenvalue weighted by Crippen LogP contribution is 2.15.